The monoisotopic (exact) mass is 324 g/mol. The molecule has 0 fully saturated rings. The summed E-state index contributed by atoms with van der Waals surface area (Å²) >= 11 is 0. The summed E-state index contributed by atoms with van der Waals surface area (Å²) in [6.45, 7) is 1.71. The normalized spacial score (nSPS) is 13.6. The van der Waals surface area contributed by atoms with E-state index in [2.05, 4.69) is 10.7 Å². The number of pyridine rings is 1. The molecule has 0 spiro atoms. The predicted molar refractivity (Wildman–Crippen MR) is 95.6 cm³/mol. The Hall–Kier alpha value is -2.83. The minimum absolute atomic E-state index is 0.0856. The van der Waals surface area contributed by atoms with Gasteiger partial charge in [-0.2, -0.15) is 0 Å². The van der Waals surface area contributed by atoms with Crippen LogP contribution < -0.4 is 22.1 Å². The van der Waals surface area contributed by atoms with Crippen molar-refractivity contribution in [3.8, 4) is 5.75 Å². The van der Waals surface area contributed by atoms with Gasteiger partial charge in [-0.3, -0.25) is 10.6 Å². The molecule has 0 unspecified atom stereocenters. The molecule has 1 atom stereocenters. The first-order valence-electron chi connectivity index (χ1n) is 7.60. The first kappa shape index (κ1) is 16.0. The minimum Gasteiger partial charge on any atom is -0.507 e. The molecule has 6 heteroatoms. The number of nitrogens with two attached hydrogens (primary N) is 1. The van der Waals surface area contributed by atoms with Crippen LogP contribution in [-0.2, 0) is 12.7 Å². The number of aromatic hydroxyl groups is 1. The standard InChI is InChI=1S/C18H20N4O2/c1-18(21-19,20-12-8-4-3-5-9-12)15-16(23)13-10-6-7-11-14(13)22(2)17(15)24/h3-11,20-21,23H,19H2,1-2H3/t18-/m0/s1. The van der Waals surface area contributed by atoms with Crippen molar-refractivity contribution in [2.45, 2.75) is 12.6 Å². The average Bonchev–Trinajstić information content (AvgIpc) is 2.61. The molecule has 1 aromatic heterocycles. The lowest BCUT2D eigenvalue weighted by Gasteiger charge is -2.32. The van der Waals surface area contributed by atoms with Crippen LogP contribution in [-0.4, -0.2) is 9.67 Å². The van der Waals surface area contributed by atoms with Gasteiger partial charge in [-0.15, -0.1) is 0 Å². The Balaban J connectivity index is 2.25. The first-order valence-corrected chi connectivity index (χ1v) is 7.60. The van der Waals surface area contributed by atoms with Crippen LogP contribution in [0.2, 0.25) is 0 Å². The second kappa shape index (κ2) is 5.99. The van der Waals surface area contributed by atoms with Crippen molar-refractivity contribution in [1.82, 2.24) is 9.99 Å². The Kier molecular flexibility index (Phi) is 4.01. The first-order chi connectivity index (χ1) is 11.5. The number of rotatable bonds is 4. The molecule has 24 heavy (non-hydrogen) atoms. The van der Waals surface area contributed by atoms with Crippen LogP contribution >= 0.6 is 0 Å². The number of hydrogen-bond donors (Lipinski definition) is 4. The molecule has 0 radical (unpaired) electrons. The van der Waals surface area contributed by atoms with Gasteiger partial charge in [0.2, 0.25) is 0 Å². The zero-order valence-corrected chi connectivity index (χ0v) is 13.6. The number of aromatic nitrogens is 1. The maximum atomic E-state index is 12.9. The molecule has 6 nitrogen and oxygen atoms in total. The van der Waals surface area contributed by atoms with E-state index in [1.807, 2.05) is 42.5 Å². The molecule has 3 aromatic rings. The summed E-state index contributed by atoms with van der Waals surface area (Å²) in [4.78, 5) is 12.9. The second-order valence-electron chi connectivity index (χ2n) is 5.87. The number of fused-ring (bicyclic) bond motifs is 1. The molecule has 0 aliphatic carbocycles. The lowest BCUT2D eigenvalue weighted by molar-refractivity contribution is 0.389. The maximum absolute atomic E-state index is 12.9. The van der Waals surface area contributed by atoms with E-state index >= 15 is 0 Å². The van der Waals surface area contributed by atoms with Gasteiger partial charge in [0.25, 0.3) is 5.56 Å². The van der Waals surface area contributed by atoms with E-state index in [0.29, 0.717) is 10.9 Å². The molecular formula is C18H20N4O2. The topological polar surface area (TPSA) is 92.3 Å². The molecule has 2 aromatic carbocycles. The van der Waals surface area contributed by atoms with Gasteiger partial charge in [-0.25, -0.2) is 5.43 Å². The van der Waals surface area contributed by atoms with E-state index in [-0.39, 0.29) is 16.9 Å². The van der Waals surface area contributed by atoms with E-state index in [0.717, 1.165) is 5.69 Å². The van der Waals surface area contributed by atoms with E-state index in [1.54, 1.807) is 26.1 Å². The van der Waals surface area contributed by atoms with Crippen LogP contribution in [0.3, 0.4) is 0 Å². The Morgan fingerprint density at radius 3 is 2.38 bits per heavy atom. The van der Waals surface area contributed by atoms with Crippen LogP contribution in [0.4, 0.5) is 5.69 Å². The number of hydrazine groups is 1. The largest absolute Gasteiger partial charge is 0.507 e. The Morgan fingerprint density at radius 1 is 1.08 bits per heavy atom. The lowest BCUT2D eigenvalue weighted by Crippen LogP contribution is -2.53. The van der Waals surface area contributed by atoms with E-state index < -0.39 is 5.66 Å². The molecule has 1 heterocycles. The number of anilines is 1. The van der Waals surface area contributed by atoms with Gasteiger partial charge in [0, 0.05) is 18.1 Å². The molecule has 0 saturated heterocycles. The van der Waals surface area contributed by atoms with Crippen molar-refractivity contribution < 1.29 is 5.11 Å². The minimum atomic E-state index is -1.15. The van der Waals surface area contributed by atoms with Crippen LogP contribution in [0.1, 0.15) is 12.5 Å². The SMILES string of the molecule is Cn1c(=O)c([C@](C)(NN)Nc2ccccc2)c(O)c2ccccc21. The van der Waals surface area contributed by atoms with Gasteiger partial charge in [0.05, 0.1) is 5.52 Å². The van der Waals surface area contributed by atoms with Crippen LogP contribution in [0, 0.1) is 0 Å². The summed E-state index contributed by atoms with van der Waals surface area (Å²) in [7, 11) is 1.67. The summed E-state index contributed by atoms with van der Waals surface area (Å²) in [5.74, 6) is 5.66. The number of benzene rings is 2. The summed E-state index contributed by atoms with van der Waals surface area (Å²) in [6, 6.07) is 16.6. The van der Waals surface area contributed by atoms with Crippen LogP contribution in [0.15, 0.2) is 59.4 Å². The predicted octanol–water partition coefficient (Wildman–Crippen LogP) is 1.99. The van der Waals surface area contributed by atoms with Gasteiger partial charge in [-0.1, -0.05) is 30.3 Å². The number of nitrogens with one attached hydrogen (secondary N) is 2. The van der Waals surface area contributed by atoms with E-state index in [9.17, 15) is 9.90 Å². The van der Waals surface area contributed by atoms with Crippen molar-refractivity contribution in [2.75, 3.05) is 5.32 Å². The molecule has 0 bridgehead atoms. The summed E-state index contributed by atoms with van der Waals surface area (Å²) < 4.78 is 1.51. The van der Waals surface area contributed by atoms with Gasteiger partial charge in [0.15, 0.2) is 0 Å². The zero-order chi connectivity index (χ0) is 17.3. The van der Waals surface area contributed by atoms with Gasteiger partial charge < -0.3 is 15.0 Å². The van der Waals surface area contributed by atoms with Crippen molar-refractivity contribution in [1.29, 1.82) is 0 Å². The van der Waals surface area contributed by atoms with Crippen LogP contribution in [0.25, 0.3) is 10.9 Å². The maximum Gasteiger partial charge on any atom is 0.261 e. The van der Waals surface area contributed by atoms with E-state index in [1.165, 1.54) is 4.57 Å². The van der Waals surface area contributed by atoms with Gasteiger partial charge in [-0.05, 0) is 31.2 Å². The Bertz CT molecular complexity index is 937. The summed E-state index contributed by atoms with van der Waals surface area (Å²) in [5, 5.41) is 14.5. The molecular weight excluding hydrogens is 304 g/mol. The lowest BCUT2D eigenvalue weighted by atomic mass is 9.99. The molecule has 0 amide bonds. The molecule has 0 aliphatic heterocycles. The fraction of sp³-hybridized carbons (Fsp3) is 0.167. The van der Waals surface area contributed by atoms with Crippen molar-refractivity contribution in [3.05, 3.63) is 70.5 Å². The molecule has 3 rings (SSSR count). The summed E-state index contributed by atoms with van der Waals surface area (Å²) in [6.07, 6.45) is 0. The molecule has 5 N–H and O–H groups in total. The second-order valence-corrected chi connectivity index (χ2v) is 5.87. The van der Waals surface area contributed by atoms with Crippen LogP contribution in [0.5, 0.6) is 5.75 Å². The quantitative estimate of drug-likeness (QED) is 0.335. The smallest absolute Gasteiger partial charge is 0.261 e. The number of hydrogen-bond acceptors (Lipinski definition) is 5. The fourth-order valence-corrected chi connectivity index (χ4v) is 2.91. The van der Waals surface area contributed by atoms with Crippen molar-refractivity contribution in [2.24, 2.45) is 12.9 Å². The third-order valence-electron chi connectivity index (χ3n) is 4.23. The van der Waals surface area contributed by atoms with Crippen molar-refractivity contribution in [3.63, 3.8) is 0 Å². The zero-order valence-electron chi connectivity index (χ0n) is 13.6. The molecule has 0 aliphatic rings. The highest BCUT2D eigenvalue weighted by atomic mass is 16.3. The van der Waals surface area contributed by atoms with Gasteiger partial charge >= 0.3 is 0 Å². The third-order valence-corrected chi connectivity index (χ3v) is 4.23. The summed E-state index contributed by atoms with van der Waals surface area (Å²) in [5.41, 5.74) is 2.75. The Morgan fingerprint density at radius 2 is 1.71 bits per heavy atom. The average molecular weight is 324 g/mol. The number of para-hydroxylation sites is 2. The van der Waals surface area contributed by atoms with Gasteiger partial charge in [0.1, 0.15) is 17.0 Å². The third kappa shape index (κ3) is 2.51. The number of aryl methyl sites for hydroxylation is 1. The number of nitrogens with zero attached hydrogens (tertiary/aromatic N) is 1. The van der Waals surface area contributed by atoms with E-state index in [4.69, 9.17) is 5.84 Å². The highest BCUT2D eigenvalue weighted by Crippen LogP contribution is 2.32. The molecule has 0 saturated carbocycles. The molecule has 124 valence electrons. The Labute approximate surface area is 139 Å². The fourth-order valence-electron chi connectivity index (χ4n) is 2.91. The highest BCUT2D eigenvalue weighted by molar-refractivity contribution is 5.86. The highest BCUT2D eigenvalue weighted by Gasteiger charge is 2.33. The van der Waals surface area contributed by atoms with Crippen molar-refractivity contribution >= 4 is 16.6 Å².